The lowest BCUT2D eigenvalue weighted by atomic mass is 9.44. The molecule has 1 N–H and O–H groups in total. The van der Waals surface area contributed by atoms with E-state index in [-0.39, 0.29) is 47.2 Å². The second kappa shape index (κ2) is 6.98. The highest BCUT2D eigenvalue weighted by Crippen LogP contribution is 2.68. The second-order valence-electron chi connectivity index (χ2n) is 10.9. The topological polar surface area (TPSA) is 97.7 Å². The standard InChI is InChI=1S/C24H34O6/c1-13-9-18-17-6-5-15-10-16(26)7-8-22(15,3)21(17)19(27)11-23(18,4)24(13,29)20(28)12-30-14(2)25/h13,15,17-18,21,29H,5-12H2,1-4H3/t13?,15?,17-,18-,21+,22-,23-,24-/m0/s1. The van der Waals surface area contributed by atoms with Crippen molar-refractivity contribution in [2.45, 2.75) is 78.2 Å². The van der Waals surface area contributed by atoms with E-state index >= 15 is 0 Å². The molecule has 4 saturated carbocycles. The Labute approximate surface area is 178 Å². The van der Waals surface area contributed by atoms with Crippen molar-refractivity contribution in [1.29, 1.82) is 0 Å². The third kappa shape index (κ3) is 2.78. The quantitative estimate of drug-likeness (QED) is 0.708. The molecule has 4 aliphatic rings. The van der Waals surface area contributed by atoms with Gasteiger partial charge < -0.3 is 9.84 Å². The van der Waals surface area contributed by atoms with Crippen LogP contribution in [0.5, 0.6) is 0 Å². The van der Waals surface area contributed by atoms with Crippen molar-refractivity contribution in [2.24, 2.45) is 40.4 Å². The molecule has 0 aromatic heterocycles. The molecule has 4 rings (SSSR count). The number of carbonyl (C=O) groups excluding carboxylic acids is 4. The van der Waals surface area contributed by atoms with Gasteiger partial charge in [0.2, 0.25) is 5.78 Å². The van der Waals surface area contributed by atoms with Crippen LogP contribution in [0.25, 0.3) is 0 Å². The van der Waals surface area contributed by atoms with Crippen LogP contribution in [0, 0.1) is 40.4 Å². The van der Waals surface area contributed by atoms with Crippen LogP contribution in [0.3, 0.4) is 0 Å². The van der Waals surface area contributed by atoms with Crippen LogP contribution in [-0.4, -0.2) is 40.6 Å². The molecule has 0 amide bonds. The molecule has 4 fully saturated rings. The fraction of sp³-hybridized carbons (Fsp3) is 0.833. The average molecular weight is 419 g/mol. The molecular formula is C24H34O6. The van der Waals surface area contributed by atoms with E-state index in [2.05, 4.69) is 6.92 Å². The van der Waals surface area contributed by atoms with Gasteiger partial charge in [0.1, 0.15) is 17.2 Å². The summed E-state index contributed by atoms with van der Waals surface area (Å²) in [6.45, 7) is 6.74. The number of ether oxygens (including phenoxy) is 1. The van der Waals surface area contributed by atoms with E-state index in [1.807, 2.05) is 13.8 Å². The summed E-state index contributed by atoms with van der Waals surface area (Å²) in [6, 6.07) is 0. The van der Waals surface area contributed by atoms with Gasteiger partial charge in [-0.15, -0.1) is 0 Å². The normalized spacial score (nSPS) is 47.8. The number of carbonyl (C=O) groups is 4. The first-order chi connectivity index (χ1) is 13.9. The zero-order valence-electron chi connectivity index (χ0n) is 18.5. The summed E-state index contributed by atoms with van der Waals surface area (Å²) in [6.07, 6.45) is 4.54. The van der Waals surface area contributed by atoms with Gasteiger partial charge in [0.25, 0.3) is 0 Å². The van der Waals surface area contributed by atoms with Gasteiger partial charge in [-0.3, -0.25) is 19.2 Å². The molecule has 0 radical (unpaired) electrons. The fourth-order valence-electron chi connectivity index (χ4n) is 8.07. The van der Waals surface area contributed by atoms with E-state index in [1.54, 1.807) is 0 Å². The Morgan fingerprint density at radius 1 is 1.20 bits per heavy atom. The summed E-state index contributed by atoms with van der Waals surface area (Å²) in [4.78, 5) is 49.9. The molecule has 2 unspecified atom stereocenters. The molecule has 166 valence electrons. The molecule has 0 spiro atoms. The smallest absolute Gasteiger partial charge is 0.303 e. The minimum Gasteiger partial charge on any atom is -0.458 e. The highest BCUT2D eigenvalue weighted by molar-refractivity contribution is 5.93. The summed E-state index contributed by atoms with van der Waals surface area (Å²) in [7, 11) is 0. The summed E-state index contributed by atoms with van der Waals surface area (Å²) in [5.74, 6) is -0.558. The largest absolute Gasteiger partial charge is 0.458 e. The zero-order chi connectivity index (χ0) is 22.1. The maximum Gasteiger partial charge on any atom is 0.303 e. The molecule has 0 aliphatic heterocycles. The maximum atomic E-state index is 13.6. The first-order valence-corrected chi connectivity index (χ1v) is 11.4. The number of hydrogen-bond acceptors (Lipinski definition) is 6. The third-order valence-corrected chi connectivity index (χ3v) is 9.58. The SMILES string of the molecule is CC(=O)OCC(=O)[C@@]1(O)C(C)C[C@H]2[C@@H]3CCC4CC(=O)CC[C@]4(C)[C@H]3C(=O)C[C@@]21C. The fourth-order valence-corrected chi connectivity index (χ4v) is 8.07. The van der Waals surface area contributed by atoms with E-state index in [4.69, 9.17) is 4.74 Å². The van der Waals surface area contributed by atoms with Crippen molar-refractivity contribution >= 4 is 23.3 Å². The van der Waals surface area contributed by atoms with Crippen molar-refractivity contribution in [3.8, 4) is 0 Å². The Morgan fingerprint density at radius 3 is 2.57 bits per heavy atom. The van der Waals surface area contributed by atoms with Crippen LogP contribution >= 0.6 is 0 Å². The van der Waals surface area contributed by atoms with Crippen LogP contribution in [0.4, 0.5) is 0 Å². The predicted molar refractivity (Wildman–Crippen MR) is 108 cm³/mol. The summed E-state index contributed by atoms with van der Waals surface area (Å²) in [5.41, 5.74) is -2.69. The van der Waals surface area contributed by atoms with Gasteiger partial charge in [-0.25, -0.2) is 0 Å². The Hall–Kier alpha value is -1.56. The monoisotopic (exact) mass is 418 g/mol. The van der Waals surface area contributed by atoms with E-state index in [0.717, 1.165) is 19.3 Å². The highest BCUT2D eigenvalue weighted by atomic mass is 16.5. The molecule has 6 nitrogen and oxygen atoms in total. The first kappa shape index (κ1) is 21.7. The molecule has 4 aliphatic carbocycles. The van der Waals surface area contributed by atoms with E-state index in [9.17, 15) is 24.3 Å². The Bertz CT molecular complexity index is 804. The lowest BCUT2D eigenvalue weighted by molar-refractivity contribution is -0.183. The molecule has 8 atom stereocenters. The Morgan fingerprint density at radius 2 is 1.90 bits per heavy atom. The summed E-state index contributed by atoms with van der Waals surface area (Å²) in [5, 5.41) is 11.7. The molecule has 0 aromatic rings. The van der Waals surface area contributed by atoms with Crippen LogP contribution in [0.1, 0.15) is 72.6 Å². The summed E-state index contributed by atoms with van der Waals surface area (Å²) < 4.78 is 4.92. The number of esters is 1. The van der Waals surface area contributed by atoms with Gasteiger partial charge in [-0.05, 0) is 54.8 Å². The second-order valence-corrected chi connectivity index (χ2v) is 10.9. The highest BCUT2D eigenvalue weighted by Gasteiger charge is 2.71. The number of aliphatic hydroxyl groups is 1. The van der Waals surface area contributed by atoms with Gasteiger partial charge >= 0.3 is 5.97 Å². The first-order valence-electron chi connectivity index (χ1n) is 11.4. The number of Topliss-reactive ketones (excluding diaryl/α,β-unsaturated/α-hetero) is 3. The van der Waals surface area contributed by atoms with Gasteiger partial charge in [0, 0.05) is 37.5 Å². The molecule has 0 heterocycles. The molecule has 0 saturated heterocycles. The molecular weight excluding hydrogens is 384 g/mol. The van der Waals surface area contributed by atoms with Crippen molar-refractivity contribution in [1.82, 2.24) is 0 Å². The molecule has 30 heavy (non-hydrogen) atoms. The molecule has 0 aromatic carbocycles. The Kier molecular flexibility index (Phi) is 5.04. The minimum absolute atomic E-state index is 0.0666. The van der Waals surface area contributed by atoms with Crippen molar-refractivity contribution in [3.05, 3.63) is 0 Å². The van der Waals surface area contributed by atoms with Crippen LogP contribution < -0.4 is 0 Å². The van der Waals surface area contributed by atoms with E-state index in [1.165, 1.54) is 6.92 Å². The predicted octanol–water partition coefficient (Wildman–Crippen LogP) is 2.89. The number of ketones is 3. The van der Waals surface area contributed by atoms with Crippen LogP contribution in [-0.2, 0) is 23.9 Å². The Balaban J connectivity index is 1.68. The van der Waals surface area contributed by atoms with Crippen LogP contribution in [0.15, 0.2) is 0 Å². The van der Waals surface area contributed by atoms with Crippen molar-refractivity contribution in [3.63, 3.8) is 0 Å². The van der Waals surface area contributed by atoms with Gasteiger partial charge in [0.05, 0.1) is 0 Å². The molecule has 0 bridgehead atoms. The summed E-state index contributed by atoms with van der Waals surface area (Å²) >= 11 is 0. The lowest BCUT2D eigenvalue weighted by Crippen LogP contribution is -2.63. The minimum atomic E-state index is -1.67. The van der Waals surface area contributed by atoms with Crippen molar-refractivity contribution < 1.29 is 29.0 Å². The van der Waals surface area contributed by atoms with E-state index < -0.39 is 29.4 Å². The number of rotatable bonds is 3. The number of fused-ring (bicyclic) bond motifs is 5. The van der Waals surface area contributed by atoms with Gasteiger partial charge in [-0.2, -0.15) is 0 Å². The number of hydrogen-bond donors (Lipinski definition) is 1. The molecule has 6 heteroatoms. The average Bonchev–Trinajstić information content (AvgIpc) is 2.87. The van der Waals surface area contributed by atoms with Gasteiger partial charge in [0.15, 0.2) is 6.61 Å². The zero-order valence-corrected chi connectivity index (χ0v) is 18.5. The van der Waals surface area contributed by atoms with Gasteiger partial charge in [-0.1, -0.05) is 20.8 Å². The van der Waals surface area contributed by atoms with Crippen LogP contribution in [0.2, 0.25) is 0 Å². The van der Waals surface area contributed by atoms with E-state index in [0.29, 0.717) is 25.0 Å². The lowest BCUT2D eigenvalue weighted by Gasteiger charge is -2.59. The van der Waals surface area contributed by atoms with Crippen molar-refractivity contribution in [2.75, 3.05) is 6.61 Å². The third-order valence-electron chi connectivity index (χ3n) is 9.58. The maximum absolute atomic E-state index is 13.6.